The molecule has 0 bridgehead atoms. The number of hydrogen-bond donors (Lipinski definition) is 2. The summed E-state index contributed by atoms with van der Waals surface area (Å²) in [4.78, 5) is 27.7. The SMILES string of the molecule is CCc1ccc(NC(=O)C[C@H](C(=O)O)N2CCN(C)CC2)cc1. The number of piperazine rings is 1. The zero-order chi connectivity index (χ0) is 16.8. The number of likely N-dealkylation sites (N-methyl/N-ethyl adjacent to an activating group) is 1. The van der Waals surface area contributed by atoms with Gasteiger partial charge in [-0.25, -0.2) is 0 Å². The van der Waals surface area contributed by atoms with Gasteiger partial charge in [0.25, 0.3) is 0 Å². The van der Waals surface area contributed by atoms with Crippen LogP contribution in [0.25, 0.3) is 0 Å². The molecule has 0 spiro atoms. The number of rotatable bonds is 6. The summed E-state index contributed by atoms with van der Waals surface area (Å²) in [5, 5.41) is 12.2. The molecule has 0 saturated carbocycles. The molecule has 1 aromatic carbocycles. The van der Waals surface area contributed by atoms with Gasteiger partial charge in [-0.1, -0.05) is 19.1 Å². The van der Waals surface area contributed by atoms with Crippen LogP contribution in [0.5, 0.6) is 0 Å². The van der Waals surface area contributed by atoms with Gasteiger partial charge in [-0.3, -0.25) is 14.5 Å². The third-order valence-electron chi connectivity index (χ3n) is 4.29. The Bertz CT molecular complexity index is 537. The number of benzene rings is 1. The van der Waals surface area contributed by atoms with E-state index in [0.717, 1.165) is 19.5 Å². The van der Waals surface area contributed by atoms with Gasteiger partial charge in [0.2, 0.25) is 5.91 Å². The maximum atomic E-state index is 12.2. The van der Waals surface area contributed by atoms with Crippen LogP contribution >= 0.6 is 0 Å². The Morgan fingerprint density at radius 1 is 1.17 bits per heavy atom. The summed E-state index contributed by atoms with van der Waals surface area (Å²) in [7, 11) is 2.01. The van der Waals surface area contributed by atoms with E-state index in [0.29, 0.717) is 18.8 Å². The second-order valence-corrected chi connectivity index (χ2v) is 6.00. The molecule has 1 atom stereocenters. The molecule has 1 aliphatic heterocycles. The van der Waals surface area contributed by atoms with Crippen molar-refractivity contribution in [3.8, 4) is 0 Å². The van der Waals surface area contributed by atoms with Gasteiger partial charge >= 0.3 is 5.97 Å². The van der Waals surface area contributed by atoms with Crippen LogP contribution in [0.4, 0.5) is 5.69 Å². The lowest BCUT2D eigenvalue weighted by Gasteiger charge is -2.35. The summed E-state index contributed by atoms with van der Waals surface area (Å²) in [6, 6.07) is 6.86. The average Bonchev–Trinajstić information content (AvgIpc) is 2.54. The number of aliphatic carboxylic acids is 1. The Balaban J connectivity index is 1.93. The average molecular weight is 319 g/mol. The second kappa shape index (κ2) is 8.08. The molecule has 126 valence electrons. The number of carbonyl (C=O) groups excluding carboxylic acids is 1. The highest BCUT2D eigenvalue weighted by Crippen LogP contribution is 2.13. The van der Waals surface area contributed by atoms with E-state index < -0.39 is 12.0 Å². The van der Waals surface area contributed by atoms with Crippen molar-refractivity contribution in [2.24, 2.45) is 0 Å². The predicted octanol–water partition coefficient (Wildman–Crippen LogP) is 1.28. The van der Waals surface area contributed by atoms with Crippen LogP contribution in [-0.4, -0.2) is 66.1 Å². The molecule has 6 heteroatoms. The van der Waals surface area contributed by atoms with Gasteiger partial charge in [0.05, 0.1) is 6.42 Å². The fraction of sp³-hybridized carbons (Fsp3) is 0.529. The maximum Gasteiger partial charge on any atom is 0.321 e. The molecule has 23 heavy (non-hydrogen) atoms. The molecule has 2 rings (SSSR count). The highest BCUT2D eigenvalue weighted by atomic mass is 16.4. The number of carboxylic acid groups (broad SMARTS) is 1. The quantitative estimate of drug-likeness (QED) is 0.826. The van der Waals surface area contributed by atoms with Gasteiger partial charge < -0.3 is 15.3 Å². The normalized spacial score (nSPS) is 17.7. The summed E-state index contributed by atoms with van der Waals surface area (Å²) in [5.74, 6) is -1.20. The summed E-state index contributed by atoms with van der Waals surface area (Å²) in [6.07, 6.45) is 0.910. The summed E-state index contributed by atoms with van der Waals surface area (Å²) in [5.41, 5.74) is 1.90. The molecule has 2 N–H and O–H groups in total. The Labute approximate surface area is 137 Å². The monoisotopic (exact) mass is 319 g/mol. The molecule has 1 aliphatic rings. The maximum absolute atomic E-state index is 12.2. The first kappa shape index (κ1) is 17.4. The van der Waals surface area contributed by atoms with Crippen molar-refractivity contribution >= 4 is 17.6 Å². The van der Waals surface area contributed by atoms with Crippen LogP contribution in [-0.2, 0) is 16.0 Å². The molecule has 0 radical (unpaired) electrons. The Morgan fingerprint density at radius 2 is 1.78 bits per heavy atom. The zero-order valence-corrected chi connectivity index (χ0v) is 13.8. The minimum atomic E-state index is -0.939. The molecule has 1 heterocycles. The Kier molecular flexibility index (Phi) is 6.12. The van der Waals surface area contributed by atoms with Gasteiger partial charge in [0.1, 0.15) is 6.04 Å². The number of nitrogens with one attached hydrogen (secondary N) is 1. The van der Waals surface area contributed by atoms with Crippen LogP contribution < -0.4 is 5.32 Å². The number of hydrogen-bond acceptors (Lipinski definition) is 4. The Hall–Kier alpha value is -1.92. The second-order valence-electron chi connectivity index (χ2n) is 6.00. The third-order valence-corrected chi connectivity index (χ3v) is 4.29. The van der Waals surface area contributed by atoms with Crippen LogP contribution in [0.15, 0.2) is 24.3 Å². The number of carbonyl (C=O) groups is 2. The standard InChI is InChI=1S/C17H25N3O3/c1-3-13-4-6-14(7-5-13)18-16(21)12-15(17(22)23)20-10-8-19(2)9-11-20/h4-7,15H,3,8-12H2,1-2H3,(H,18,21)(H,22,23)/t15-/m1/s1. The van der Waals surface area contributed by atoms with Crippen molar-refractivity contribution in [1.29, 1.82) is 0 Å². The van der Waals surface area contributed by atoms with Gasteiger partial charge in [-0.05, 0) is 31.2 Å². The van der Waals surface area contributed by atoms with Crippen molar-refractivity contribution in [1.82, 2.24) is 9.80 Å². The molecule has 6 nitrogen and oxygen atoms in total. The highest BCUT2D eigenvalue weighted by molar-refractivity contribution is 5.94. The van der Waals surface area contributed by atoms with Gasteiger partial charge in [0, 0.05) is 31.9 Å². The lowest BCUT2D eigenvalue weighted by Crippen LogP contribution is -2.52. The van der Waals surface area contributed by atoms with E-state index in [1.54, 1.807) is 0 Å². The van der Waals surface area contributed by atoms with E-state index in [1.807, 2.05) is 36.2 Å². The molecule has 1 amide bonds. The molecular weight excluding hydrogens is 294 g/mol. The zero-order valence-electron chi connectivity index (χ0n) is 13.8. The van der Waals surface area contributed by atoms with E-state index in [1.165, 1.54) is 5.56 Å². The van der Waals surface area contributed by atoms with E-state index in [-0.39, 0.29) is 12.3 Å². The Morgan fingerprint density at radius 3 is 2.30 bits per heavy atom. The topological polar surface area (TPSA) is 72.9 Å². The van der Waals surface area contributed by atoms with Gasteiger partial charge in [0.15, 0.2) is 0 Å². The number of amides is 1. The molecule has 1 fully saturated rings. The largest absolute Gasteiger partial charge is 0.480 e. The summed E-state index contributed by atoms with van der Waals surface area (Å²) >= 11 is 0. The minimum absolute atomic E-state index is 0.0332. The molecule has 0 unspecified atom stereocenters. The fourth-order valence-electron chi connectivity index (χ4n) is 2.72. The third kappa shape index (κ3) is 5.04. The number of nitrogens with zero attached hydrogens (tertiary/aromatic N) is 2. The van der Waals surface area contributed by atoms with Crippen molar-refractivity contribution in [3.05, 3.63) is 29.8 Å². The van der Waals surface area contributed by atoms with E-state index >= 15 is 0 Å². The van der Waals surface area contributed by atoms with Crippen LogP contribution in [0.3, 0.4) is 0 Å². The van der Waals surface area contributed by atoms with Crippen LogP contribution in [0.1, 0.15) is 18.9 Å². The number of anilines is 1. The molecule has 1 saturated heterocycles. The smallest absolute Gasteiger partial charge is 0.321 e. The van der Waals surface area contributed by atoms with Crippen molar-refractivity contribution in [2.45, 2.75) is 25.8 Å². The fourth-order valence-corrected chi connectivity index (χ4v) is 2.72. The molecular formula is C17H25N3O3. The minimum Gasteiger partial charge on any atom is -0.480 e. The van der Waals surface area contributed by atoms with Crippen molar-refractivity contribution in [3.63, 3.8) is 0 Å². The number of carboxylic acids is 1. The van der Waals surface area contributed by atoms with Crippen molar-refractivity contribution in [2.75, 3.05) is 38.5 Å². The van der Waals surface area contributed by atoms with E-state index in [4.69, 9.17) is 0 Å². The highest BCUT2D eigenvalue weighted by Gasteiger charge is 2.30. The van der Waals surface area contributed by atoms with Crippen LogP contribution in [0.2, 0.25) is 0 Å². The number of aryl methyl sites for hydroxylation is 1. The molecule has 0 aromatic heterocycles. The summed E-state index contributed by atoms with van der Waals surface area (Å²) < 4.78 is 0. The lowest BCUT2D eigenvalue weighted by atomic mass is 10.1. The van der Waals surface area contributed by atoms with Crippen LogP contribution in [0, 0.1) is 0 Å². The first-order chi connectivity index (χ1) is 11.0. The predicted molar refractivity (Wildman–Crippen MR) is 89.6 cm³/mol. The molecule has 0 aliphatic carbocycles. The first-order valence-corrected chi connectivity index (χ1v) is 8.03. The first-order valence-electron chi connectivity index (χ1n) is 8.03. The van der Waals surface area contributed by atoms with Gasteiger partial charge in [-0.15, -0.1) is 0 Å². The molecule has 1 aromatic rings. The van der Waals surface area contributed by atoms with E-state index in [9.17, 15) is 14.7 Å². The lowest BCUT2D eigenvalue weighted by molar-refractivity contribution is -0.145. The van der Waals surface area contributed by atoms with Crippen molar-refractivity contribution < 1.29 is 14.7 Å². The van der Waals surface area contributed by atoms with Gasteiger partial charge in [-0.2, -0.15) is 0 Å². The van der Waals surface area contributed by atoms with E-state index in [2.05, 4.69) is 17.1 Å². The summed E-state index contributed by atoms with van der Waals surface area (Å²) in [6.45, 7) is 5.06.